The highest BCUT2D eigenvalue weighted by atomic mass is 16.5. The minimum absolute atomic E-state index is 0.743. The van der Waals surface area contributed by atoms with Gasteiger partial charge in [-0.1, -0.05) is 6.07 Å². The highest BCUT2D eigenvalue weighted by Crippen LogP contribution is 2.18. The van der Waals surface area contributed by atoms with Crippen molar-refractivity contribution in [3.8, 4) is 0 Å². The van der Waals surface area contributed by atoms with Crippen molar-refractivity contribution in [2.45, 2.75) is 25.9 Å². The molecule has 0 spiro atoms. The molecule has 0 saturated carbocycles. The number of nitrogens with zero attached hydrogens (tertiary/aromatic N) is 2. The molecule has 106 valence electrons. The van der Waals surface area contributed by atoms with E-state index < -0.39 is 0 Å². The van der Waals surface area contributed by atoms with Crippen molar-refractivity contribution in [3.63, 3.8) is 0 Å². The molecule has 2 rings (SSSR count). The van der Waals surface area contributed by atoms with Gasteiger partial charge in [-0.2, -0.15) is 0 Å². The first-order valence-electron chi connectivity index (χ1n) is 7.11. The summed E-state index contributed by atoms with van der Waals surface area (Å²) in [6.45, 7) is 5.09. The van der Waals surface area contributed by atoms with Crippen LogP contribution < -0.4 is 5.32 Å². The number of likely N-dealkylation sites (tertiary alicyclic amines) is 1. The molecule has 1 aliphatic heterocycles. The largest absolute Gasteiger partial charge is 0.384 e. The van der Waals surface area contributed by atoms with Gasteiger partial charge < -0.3 is 10.1 Å². The molecule has 0 radical (unpaired) electrons. The van der Waals surface area contributed by atoms with E-state index in [4.69, 9.17) is 4.74 Å². The lowest BCUT2D eigenvalue weighted by Crippen LogP contribution is -2.34. The molecule has 1 N–H and O–H groups in total. The molecule has 2 heterocycles. The van der Waals surface area contributed by atoms with Crippen LogP contribution >= 0.6 is 0 Å². The van der Waals surface area contributed by atoms with Crippen LogP contribution in [0.1, 0.15) is 24.1 Å². The van der Waals surface area contributed by atoms with Gasteiger partial charge in [-0.25, -0.2) is 0 Å². The van der Waals surface area contributed by atoms with Crippen molar-refractivity contribution in [2.24, 2.45) is 5.92 Å². The van der Waals surface area contributed by atoms with Crippen LogP contribution in [0.5, 0.6) is 0 Å². The number of piperidine rings is 1. The summed E-state index contributed by atoms with van der Waals surface area (Å²) in [5.74, 6) is 0.743. The Labute approximate surface area is 116 Å². The fourth-order valence-electron chi connectivity index (χ4n) is 2.63. The fourth-order valence-corrected chi connectivity index (χ4v) is 2.63. The van der Waals surface area contributed by atoms with Gasteiger partial charge in [0.2, 0.25) is 0 Å². The summed E-state index contributed by atoms with van der Waals surface area (Å²) in [6, 6.07) is 4.31. The van der Waals surface area contributed by atoms with Gasteiger partial charge in [0.1, 0.15) is 0 Å². The number of hydrogen-bond acceptors (Lipinski definition) is 4. The van der Waals surface area contributed by atoms with E-state index in [2.05, 4.69) is 27.3 Å². The Hall–Kier alpha value is -0.970. The molecule has 0 unspecified atom stereocenters. The number of pyridine rings is 1. The third-order valence-electron chi connectivity index (χ3n) is 3.76. The molecule has 1 fully saturated rings. The predicted molar refractivity (Wildman–Crippen MR) is 76.9 cm³/mol. The van der Waals surface area contributed by atoms with E-state index in [-0.39, 0.29) is 0 Å². The Morgan fingerprint density at radius 1 is 1.37 bits per heavy atom. The first-order chi connectivity index (χ1) is 9.31. The van der Waals surface area contributed by atoms with Crippen molar-refractivity contribution in [1.82, 2.24) is 15.2 Å². The second kappa shape index (κ2) is 7.58. The summed E-state index contributed by atoms with van der Waals surface area (Å²) in [5.41, 5.74) is 2.41. The Bertz CT molecular complexity index is 358. The lowest BCUT2D eigenvalue weighted by molar-refractivity contribution is 0.0963. The molecular weight excluding hydrogens is 238 g/mol. The second-order valence-electron chi connectivity index (χ2n) is 5.36. The molecule has 0 aliphatic carbocycles. The van der Waals surface area contributed by atoms with E-state index in [9.17, 15) is 0 Å². The lowest BCUT2D eigenvalue weighted by atomic mass is 9.98. The summed E-state index contributed by atoms with van der Waals surface area (Å²) < 4.78 is 5.23. The number of hydrogen-bond donors (Lipinski definition) is 1. The van der Waals surface area contributed by atoms with Crippen molar-refractivity contribution in [1.29, 1.82) is 0 Å². The molecule has 4 nitrogen and oxygen atoms in total. The van der Waals surface area contributed by atoms with E-state index in [0.717, 1.165) is 38.7 Å². The summed E-state index contributed by atoms with van der Waals surface area (Å²) in [4.78, 5) is 7.03. The van der Waals surface area contributed by atoms with Gasteiger partial charge in [0.05, 0.1) is 5.69 Å². The third kappa shape index (κ3) is 4.56. The van der Waals surface area contributed by atoms with Gasteiger partial charge in [0, 0.05) is 33.0 Å². The van der Waals surface area contributed by atoms with Gasteiger partial charge in [0.15, 0.2) is 0 Å². The SMILES string of the molecule is CNCc1ccc(CN2CCC(COC)CC2)nc1. The normalized spacial score (nSPS) is 17.8. The number of ether oxygens (including phenoxy) is 1. The fraction of sp³-hybridized carbons (Fsp3) is 0.667. The maximum absolute atomic E-state index is 5.23. The Kier molecular flexibility index (Phi) is 5.76. The zero-order valence-electron chi connectivity index (χ0n) is 12.1. The quantitative estimate of drug-likeness (QED) is 0.847. The van der Waals surface area contributed by atoms with Crippen LogP contribution in [0.3, 0.4) is 0 Å². The van der Waals surface area contributed by atoms with Gasteiger partial charge in [0.25, 0.3) is 0 Å². The van der Waals surface area contributed by atoms with Crippen LogP contribution in [0.25, 0.3) is 0 Å². The summed E-state index contributed by atoms with van der Waals surface area (Å²) in [6.07, 6.45) is 4.46. The molecule has 4 heteroatoms. The van der Waals surface area contributed by atoms with Crippen LogP contribution in [-0.2, 0) is 17.8 Å². The highest BCUT2D eigenvalue weighted by molar-refractivity contribution is 5.13. The van der Waals surface area contributed by atoms with E-state index in [1.807, 2.05) is 13.2 Å². The van der Waals surface area contributed by atoms with Gasteiger partial charge in [-0.15, -0.1) is 0 Å². The number of nitrogens with one attached hydrogen (secondary N) is 1. The Morgan fingerprint density at radius 3 is 2.74 bits per heavy atom. The number of methoxy groups -OCH3 is 1. The third-order valence-corrected chi connectivity index (χ3v) is 3.76. The molecule has 0 bridgehead atoms. The number of rotatable bonds is 6. The molecule has 1 saturated heterocycles. The molecule has 1 aromatic heterocycles. The molecule has 19 heavy (non-hydrogen) atoms. The van der Waals surface area contributed by atoms with Gasteiger partial charge >= 0.3 is 0 Å². The summed E-state index contributed by atoms with van der Waals surface area (Å²) in [7, 11) is 3.75. The van der Waals surface area contributed by atoms with Crippen molar-refractivity contribution >= 4 is 0 Å². The average Bonchev–Trinajstić information content (AvgIpc) is 2.44. The van der Waals surface area contributed by atoms with E-state index in [0.29, 0.717) is 0 Å². The first kappa shape index (κ1) is 14.4. The topological polar surface area (TPSA) is 37.4 Å². The molecular formula is C15H25N3O. The first-order valence-corrected chi connectivity index (χ1v) is 7.11. The van der Waals surface area contributed by atoms with Gasteiger partial charge in [-0.05, 0) is 50.5 Å². The van der Waals surface area contributed by atoms with Gasteiger partial charge in [-0.3, -0.25) is 9.88 Å². The predicted octanol–water partition coefficient (Wildman–Crippen LogP) is 1.66. The van der Waals surface area contributed by atoms with Crippen LogP contribution in [0, 0.1) is 5.92 Å². The molecule has 1 aromatic rings. The summed E-state index contributed by atoms with van der Waals surface area (Å²) in [5, 5.41) is 3.14. The van der Waals surface area contributed by atoms with Crippen LogP contribution in [0.15, 0.2) is 18.3 Å². The van der Waals surface area contributed by atoms with E-state index >= 15 is 0 Å². The van der Waals surface area contributed by atoms with E-state index in [1.165, 1.54) is 24.1 Å². The minimum Gasteiger partial charge on any atom is -0.384 e. The van der Waals surface area contributed by atoms with E-state index in [1.54, 1.807) is 7.11 Å². The monoisotopic (exact) mass is 263 g/mol. The minimum atomic E-state index is 0.743. The standard InChI is InChI=1S/C15H25N3O/c1-16-9-14-3-4-15(17-10-14)11-18-7-5-13(6-8-18)12-19-2/h3-4,10,13,16H,5-9,11-12H2,1-2H3. The van der Waals surface area contributed by atoms with Crippen molar-refractivity contribution in [2.75, 3.05) is 33.9 Å². The second-order valence-corrected chi connectivity index (χ2v) is 5.36. The molecule has 0 aromatic carbocycles. The molecule has 0 atom stereocenters. The van der Waals surface area contributed by atoms with Crippen LogP contribution in [-0.4, -0.2) is 43.7 Å². The van der Waals surface area contributed by atoms with Crippen LogP contribution in [0.2, 0.25) is 0 Å². The van der Waals surface area contributed by atoms with Crippen LogP contribution in [0.4, 0.5) is 0 Å². The maximum Gasteiger partial charge on any atom is 0.0544 e. The molecule has 0 amide bonds. The molecule has 1 aliphatic rings. The Morgan fingerprint density at radius 2 is 2.16 bits per heavy atom. The average molecular weight is 263 g/mol. The highest BCUT2D eigenvalue weighted by Gasteiger charge is 2.19. The van der Waals surface area contributed by atoms with Crippen molar-refractivity contribution in [3.05, 3.63) is 29.6 Å². The zero-order chi connectivity index (χ0) is 13.5. The Balaban J connectivity index is 1.78. The maximum atomic E-state index is 5.23. The number of aromatic nitrogens is 1. The van der Waals surface area contributed by atoms with Crippen molar-refractivity contribution < 1.29 is 4.74 Å². The lowest BCUT2D eigenvalue weighted by Gasteiger charge is -2.31. The zero-order valence-corrected chi connectivity index (χ0v) is 12.1. The smallest absolute Gasteiger partial charge is 0.0544 e. The summed E-state index contributed by atoms with van der Waals surface area (Å²) >= 11 is 0.